The summed E-state index contributed by atoms with van der Waals surface area (Å²) in [5, 5.41) is 0. The molecule has 0 saturated heterocycles. The van der Waals surface area contributed by atoms with Gasteiger partial charge in [-0.15, -0.1) is 0 Å². The molecule has 17 heavy (non-hydrogen) atoms. The molecular formula is C13H12FNO2. The Kier molecular flexibility index (Phi) is 3.23. The number of Topliss-reactive ketones (excluding diaryl/α,β-unsaturated/α-hetero) is 1. The number of likely N-dealkylation sites (N-methyl/N-ethyl adjacent to an activating group) is 1. The highest BCUT2D eigenvalue weighted by Gasteiger charge is 2.14. The van der Waals surface area contributed by atoms with Crippen LogP contribution in [0.3, 0.4) is 0 Å². The van der Waals surface area contributed by atoms with Gasteiger partial charge in [-0.25, -0.2) is 4.39 Å². The van der Waals surface area contributed by atoms with Gasteiger partial charge in [0.05, 0.1) is 18.5 Å². The third-order valence-corrected chi connectivity index (χ3v) is 2.44. The number of carbonyl (C=O) groups is 1. The molecule has 0 amide bonds. The molecule has 0 N–H and O–H groups in total. The summed E-state index contributed by atoms with van der Waals surface area (Å²) in [6.45, 7) is 0.0778. The summed E-state index contributed by atoms with van der Waals surface area (Å²) >= 11 is 0. The number of hydrogen-bond donors (Lipinski definition) is 0. The first-order valence-electron chi connectivity index (χ1n) is 5.21. The molecule has 0 aliphatic rings. The smallest absolute Gasteiger partial charge is 0.217 e. The molecule has 4 heteroatoms. The summed E-state index contributed by atoms with van der Waals surface area (Å²) < 4.78 is 18.4. The van der Waals surface area contributed by atoms with Crippen molar-refractivity contribution in [3.63, 3.8) is 0 Å². The summed E-state index contributed by atoms with van der Waals surface area (Å²) in [6, 6.07) is 9.58. The van der Waals surface area contributed by atoms with Crippen LogP contribution in [0.15, 0.2) is 47.1 Å². The monoisotopic (exact) mass is 233 g/mol. The van der Waals surface area contributed by atoms with Crippen molar-refractivity contribution in [1.82, 2.24) is 0 Å². The van der Waals surface area contributed by atoms with Crippen LogP contribution >= 0.6 is 0 Å². The first kappa shape index (κ1) is 11.4. The molecule has 0 aliphatic heterocycles. The van der Waals surface area contributed by atoms with E-state index >= 15 is 0 Å². The minimum atomic E-state index is -0.345. The van der Waals surface area contributed by atoms with Gasteiger partial charge in [0.15, 0.2) is 5.76 Å². The zero-order valence-electron chi connectivity index (χ0n) is 9.39. The molecule has 1 aromatic carbocycles. The SMILES string of the molecule is CN(CC(=O)c1ccco1)c1ccccc1F. The molecule has 2 aromatic rings. The summed E-state index contributed by atoms with van der Waals surface area (Å²) in [5.74, 6) is -0.240. The van der Waals surface area contributed by atoms with Crippen LogP contribution in [0, 0.1) is 5.82 Å². The number of hydrogen-bond acceptors (Lipinski definition) is 3. The lowest BCUT2D eigenvalue weighted by Crippen LogP contribution is -2.26. The van der Waals surface area contributed by atoms with Crippen molar-refractivity contribution >= 4 is 11.5 Å². The van der Waals surface area contributed by atoms with Crippen LogP contribution in [0.5, 0.6) is 0 Å². The van der Waals surface area contributed by atoms with E-state index in [1.807, 2.05) is 0 Å². The maximum atomic E-state index is 13.5. The molecule has 0 bridgehead atoms. The Morgan fingerprint density at radius 2 is 2.06 bits per heavy atom. The van der Waals surface area contributed by atoms with Gasteiger partial charge in [0.2, 0.25) is 5.78 Å². The van der Waals surface area contributed by atoms with Crippen molar-refractivity contribution in [2.75, 3.05) is 18.5 Å². The van der Waals surface area contributed by atoms with E-state index < -0.39 is 0 Å². The van der Waals surface area contributed by atoms with E-state index in [-0.39, 0.29) is 23.9 Å². The average Bonchev–Trinajstić information content (AvgIpc) is 2.82. The van der Waals surface area contributed by atoms with Crippen LogP contribution in [-0.4, -0.2) is 19.4 Å². The Morgan fingerprint density at radius 3 is 2.71 bits per heavy atom. The lowest BCUT2D eigenvalue weighted by Gasteiger charge is -2.18. The number of benzene rings is 1. The predicted octanol–water partition coefficient (Wildman–Crippen LogP) is 2.74. The molecule has 0 unspecified atom stereocenters. The Morgan fingerprint density at radius 1 is 1.29 bits per heavy atom. The van der Waals surface area contributed by atoms with E-state index in [0.717, 1.165) is 0 Å². The van der Waals surface area contributed by atoms with E-state index in [9.17, 15) is 9.18 Å². The Hall–Kier alpha value is -2.10. The minimum Gasteiger partial charge on any atom is -0.461 e. The summed E-state index contributed by atoms with van der Waals surface area (Å²) in [5.41, 5.74) is 0.396. The van der Waals surface area contributed by atoms with Crippen molar-refractivity contribution in [2.45, 2.75) is 0 Å². The average molecular weight is 233 g/mol. The van der Waals surface area contributed by atoms with Crippen LogP contribution < -0.4 is 4.90 Å². The molecule has 0 saturated carbocycles. The number of anilines is 1. The predicted molar refractivity (Wildman–Crippen MR) is 62.7 cm³/mol. The number of para-hydroxylation sites is 1. The van der Waals surface area contributed by atoms with Crippen molar-refractivity contribution < 1.29 is 13.6 Å². The van der Waals surface area contributed by atoms with Crippen molar-refractivity contribution in [3.8, 4) is 0 Å². The summed E-state index contributed by atoms with van der Waals surface area (Å²) in [4.78, 5) is 13.3. The van der Waals surface area contributed by atoms with E-state index in [2.05, 4.69) is 0 Å². The second-order valence-electron chi connectivity index (χ2n) is 3.71. The zero-order chi connectivity index (χ0) is 12.3. The molecule has 3 nitrogen and oxygen atoms in total. The van der Waals surface area contributed by atoms with E-state index in [4.69, 9.17) is 4.42 Å². The van der Waals surface area contributed by atoms with Gasteiger partial charge in [0, 0.05) is 7.05 Å². The van der Waals surface area contributed by atoms with Gasteiger partial charge in [-0.1, -0.05) is 12.1 Å². The molecule has 2 rings (SSSR count). The van der Waals surface area contributed by atoms with Crippen LogP contribution in [0.4, 0.5) is 10.1 Å². The standard InChI is InChI=1S/C13H12FNO2/c1-15(11-6-3-2-5-10(11)14)9-12(16)13-7-4-8-17-13/h2-8H,9H2,1H3. The normalized spacial score (nSPS) is 10.2. The van der Waals surface area contributed by atoms with Crippen LogP contribution in [0.1, 0.15) is 10.6 Å². The number of rotatable bonds is 4. The molecule has 0 aliphatic carbocycles. The van der Waals surface area contributed by atoms with Crippen LogP contribution in [-0.2, 0) is 0 Å². The van der Waals surface area contributed by atoms with Crippen molar-refractivity contribution in [3.05, 3.63) is 54.2 Å². The highest BCUT2D eigenvalue weighted by molar-refractivity contribution is 5.96. The molecule has 88 valence electrons. The number of nitrogens with zero attached hydrogens (tertiary/aromatic N) is 1. The molecule has 0 radical (unpaired) electrons. The third-order valence-electron chi connectivity index (χ3n) is 2.44. The Balaban J connectivity index is 2.10. The fourth-order valence-electron chi connectivity index (χ4n) is 1.58. The maximum Gasteiger partial charge on any atom is 0.217 e. The fourth-order valence-corrected chi connectivity index (χ4v) is 1.58. The van der Waals surface area contributed by atoms with E-state index in [0.29, 0.717) is 5.69 Å². The van der Waals surface area contributed by atoms with Gasteiger partial charge < -0.3 is 9.32 Å². The zero-order valence-corrected chi connectivity index (χ0v) is 9.39. The van der Waals surface area contributed by atoms with E-state index in [1.54, 1.807) is 42.3 Å². The molecule has 0 spiro atoms. The topological polar surface area (TPSA) is 33.5 Å². The third kappa shape index (κ3) is 2.53. The molecule has 1 aromatic heterocycles. The van der Waals surface area contributed by atoms with Gasteiger partial charge in [-0.2, -0.15) is 0 Å². The second-order valence-corrected chi connectivity index (χ2v) is 3.71. The Labute approximate surface area is 98.5 Å². The van der Waals surface area contributed by atoms with Crippen molar-refractivity contribution in [1.29, 1.82) is 0 Å². The van der Waals surface area contributed by atoms with Gasteiger partial charge in [-0.05, 0) is 24.3 Å². The highest BCUT2D eigenvalue weighted by atomic mass is 19.1. The van der Waals surface area contributed by atoms with Gasteiger partial charge in [0.25, 0.3) is 0 Å². The lowest BCUT2D eigenvalue weighted by molar-refractivity contribution is 0.0974. The van der Waals surface area contributed by atoms with Crippen LogP contribution in [0.2, 0.25) is 0 Å². The fraction of sp³-hybridized carbons (Fsp3) is 0.154. The quantitative estimate of drug-likeness (QED) is 0.761. The number of carbonyl (C=O) groups excluding carboxylic acids is 1. The van der Waals surface area contributed by atoms with Gasteiger partial charge in [-0.3, -0.25) is 4.79 Å². The van der Waals surface area contributed by atoms with Gasteiger partial charge in [0.1, 0.15) is 5.82 Å². The second kappa shape index (κ2) is 4.82. The van der Waals surface area contributed by atoms with E-state index in [1.165, 1.54) is 12.3 Å². The minimum absolute atomic E-state index is 0.0778. The largest absolute Gasteiger partial charge is 0.461 e. The number of ketones is 1. The van der Waals surface area contributed by atoms with Crippen LogP contribution in [0.25, 0.3) is 0 Å². The highest BCUT2D eigenvalue weighted by Crippen LogP contribution is 2.17. The van der Waals surface area contributed by atoms with Crippen molar-refractivity contribution in [2.24, 2.45) is 0 Å². The molecule has 0 atom stereocenters. The number of furan rings is 1. The molecular weight excluding hydrogens is 221 g/mol. The summed E-state index contributed by atoms with van der Waals surface area (Å²) in [6.07, 6.45) is 1.44. The molecule has 0 fully saturated rings. The molecule has 1 heterocycles. The summed E-state index contributed by atoms with van der Waals surface area (Å²) in [7, 11) is 1.67. The first-order chi connectivity index (χ1) is 8.18. The van der Waals surface area contributed by atoms with Gasteiger partial charge >= 0.3 is 0 Å². The lowest BCUT2D eigenvalue weighted by atomic mass is 10.2. The number of halogens is 1. The Bertz CT molecular complexity index is 508. The first-order valence-corrected chi connectivity index (χ1v) is 5.21. The maximum absolute atomic E-state index is 13.5.